The van der Waals surface area contributed by atoms with Crippen LogP contribution in [0.15, 0.2) is 0 Å². The number of hydrogen-bond donors (Lipinski definition) is 2. The summed E-state index contributed by atoms with van der Waals surface area (Å²) in [6.07, 6.45) is 6.80. The smallest absolute Gasteiger partial charge is 0.0597 e. The molecule has 0 aromatic carbocycles. The van der Waals surface area contributed by atoms with Crippen molar-refractivity contribution < 1.29 is 5.11 Å². The molecule has 0 radical (unpaired) electrons. The van der Waals surface area contributed by atoms with Crippen molar-refractivity contribution in [3.05, 3.63) is 0 Å². The number of likely N-dealkylation sites (N-methyl/N-ethyl adjacent to an activating group) is 1. The molecular weight excluding hydrogens is 200 g/mol. The number of nitrogens with one attached hydrogen (secondary N) is 1. The van der Waals surface area contributed by atoms with Crippen molar-refractivity contribution in [2.75, 3.05) is 20.2 Å². The van der Waals surface area contributed by atoms with Crippen molar-refractivity contribution in [1.82, 2.24) is 10.2 Å². The van der Waals surface area contributed by atoms with Crippen molar-refractivity contribution in [1.29, 1.82) is 0 Å². The van der Waals surface area contributed by atoms with Crippen LogP contribution in [0.1, 0.15) is 46.0 Å². The van der Waals surface area contributed by atoms with Crippen LogP contribution in [-0.4, -0.2) is 48.3 Å². The predicted molar refractivity (Wildman–Crippen MR) is 68.6 cm³/mol. The largest absolute Gasteiger partial charge is 0.395 e. The zero-order chi connectivity index (χ0) is 12.0. The third-order valence-corrected chi connectivity index (χ3v) is 3.50. The summed E-state index contributed by atoms with van der Waals surface area (Å²) in [7, 11) is 2.20. The summed E-state index contributed by atoms with van der Waals surface area (Å²) in [5.74, 6) is 0. The fourth-order valence-electron chi connectivity index (χ4n) is 2.65. The van der Waals surface area contributed by atoms with Gasteiger partial charge in [-0.25, -0.2) is 0 Å². The first-order valence-electron chi connectivity index (χ1n) is 6.70. The lowest BCUT2D eigenvalue weighted by molar-refractivity contribution is 0.142. The van der Waals surface area contributed by atoms with Crippen LogP contribution in [0, 0.1) is 0 Å². The molecule has 0 spiro atoms. The maximum atomic E-state index is 9.33. The van der Waals surface area contributed by atoms with Crippen LogP contribution in [0.2, 0.25) is 0 Å². The highest BCUT2D eigenvalue weighted by molar-refractivity contribution is 4.78. The molecule has 0 aromatic rings. The number of aliphatic hydroxyl groups is 1. The van der Waals surface area contributed by atoms with Gasteiger partial charge in [-0.15, -0.1) is 0 Å². The fourth-order valence-corrected chi connectivity index (χ4v) is 2.65. The lowest BCUT2D eigenvalue weighted by Gasteiger charge is -2.34. The van der Waals surface area contributed by atoms with Gasteiger partial charge in [-0.1, -0.05) is 33.1 Å². The first kappa shape index (κ1) is 13.9. The van der Waals surface area contributed by atoms with Crippen molar-refractivity contribution >= 4 is 0 Å². The average molecular weight is 228 g/mol. The van der Waals surface area contributed by atoms with E-state index < -0.39 is 0 Å². The zero-order valence-corrected chi connectivity index (χ0v) is 11.1. The molecule has 0 aromatic heterocycles. The highest BCUT2D eigenvalue weighted by atomic mass is 16.3. The van der Waals surface area contributed by atoms with E-state index in [-0.39, 0.29) is 12.6 Å². The summed E-state index contributed by atoms with van der Waals surface area (Å²) in [5.41, 5.74) is 0. The quantitative estimate of drug-likeness (QED) is 0.725. The molecule has 0 aliphatic heterocycles. The molecule has 3 heteroatoms. The number of aliphatic hydroxyl groups excluding tert-OH is 1. The molecule has 1 fully saturated rings. The molecule has 96 valence electrons. The minimum absolute atomic E-state index is 0.215. The third-order valence-electron chi connectivity index (χ3n) is 3.50. The highest BCUT2D eigenvalue weighted by Crippen LogP contribution is 2.21. The zero-order valence-electron chi connectivity index (χ0n) is 11.1. The van der Waals surface area contributed by atoms with Gasteiger partial charge < -0.3 is 15.3 Å². The average Bonchev–Trinajstić information content (AvgIpc) is 2.28. The molecule has 1 rings (SSSR count). The summed E-state index contributed by atoms with van der Waals surface area (Å²) in [4.78, 5) is 2.43. The second-order valence-corrected chi connectivity index (χ2v) is 5.43. The molecule has 0 bridgehead atoms. The van der Waals surface area contributed by atoms with Gasteiger partial charge in [-0.2, -0.15) is 0 Å². The Hall–Kier alpha value is -0.120. The van der Waals surface area contributed by atoms with Crippen molar-refractivity contribution in [3.8, 4) is 0 Å². The Morgan fingerprint density at radius 2 is 1.88 bits per heavy atom. The standard InChI is InChI=1S/C13H28N2O/c1-11(2)14-12(10-16)9-15(3)13-7-5-4-6-8-13/h11-14,16H,4-10H2,1-3H3. The van der Waals surface area contributed by atoms with Gasteiger partial charge >= 0.3 is 0 Å². The summed E-state index contributed by atoms with van der Waals surface area (Å²) in [6, 6.07) is 1.39. The third kappa shape index (κ3) is 4.81. The molecule has 2 N–H and O–H groups in total. The Kier molecular flexibility index (Phi) is 6.32. The van der Waals surface area contributed by atoms with Crippen molar-refractivity contribution in [3.63, 3.8) is 0 Å². The minimum Gasteiger partial charge on any atom is -0.395 e. The SMILES string of the molecule is CC(C)NC(CO)CN(C)C1CCCCC1. The van der Waals surface area contributed by atoms with E-state index in [9.17, 15) is 5.11 Å². The van der Waals surface area contributed by atoms with Crippen molar-refractivity contribution in [2.24, 2.45) is 0 Å². The normalized spacial score (nSPS) is 20.6. The summed E-state index contributed by atoms with van der Waals surface area (Å²) < 4.78 is 0. The van der Waals surface area contributed by atoms with Gasteiger partial charge in [-0.3, -0.25) is 0 Å². The van der Waals surface area contributed by atoms with Gasteiger partial charge in [0.15, 0.2) is 0 Å². The summed E-state index contributed by atoms with van der Waals surface area (Å²) >= 11 is 0. The van der Waals surface area contributed by atoms with Gasteiger partial charge in [-0.05, 0) is 19.9 Å². The molecule has 0 heterocycles. The van der Waals surface area contributed by atoms with Crippen LogP contribution in [0.25, 0.3) is 0 Å². The lowest BCUT2D eigenvalue weighted by Crippen LogP contribution is -2.48. The van der Waals surface area contributed by atoms with E-state index in [1.54, 1.807) is 0 Å². The van der Waals surface area contributed by atoms with E-state index in [1.807, 2.05) is 0 Å². The Morgan fingerprint density at radius 1 is 1.25 bits per heavy atom. The Labute approximate surface area is 100 Å². The second-order valence-electron chi connectivity index (χ2n) is 5.43. The van der Waals surface area contributed by atoms with Crippen molar-refractivity contribution in [2.45, 2.75) is 64.1 Å². The molecular formula is C13H28N2O. The first-order valence-corrected chi connectivity index (χ1v) is 6.70. The van der Waals surface area contributed by atoms with Crippen LogP contribution >= 0.6 is 0 Å². The second kappa shape index (κ2) is 7.25. The Morgan fingerprint density at radius 3 is 2.38 bits per heavy atom. The van der Waals surface area contributed by atoms with Crippen LogP contribution in [-0.2, 0) is 0 Å². The van der Waals surface area contributed by atoms with Gasteiger partial charge in [0.25, 0.3) is 0 Å². The monoisotopic (exact) mass is 228 g/mol. The van der Waals surface area contributed by atoms with Crippen LogP contribution in [0.5, 0.6) is 0 Å². The maximum Gasteiger partial charge on any atom is 0.0597 e. The highest BCUT2D eigenvalue weighted by Gasteiger charge is 2.20. The molecule has 0 saturated heterocycles. The Bertz CT molecular complexity index is 179. The number of rotatable bonds is 6. The first-order chi connectivity index (χ1) is 7.63. The van der Waals surface area contributed by atoms with E-state index in [4.69, 9.17) is 0 Å². The molecule has 1 aliphatic rings. The summed E-state index contributed by atoms with van der Waals surface area (Å²) in [5, 5.41) is 12.7. The molecule has 1 saturated carbocycles. The van der Waals surface area contributed by atoms with E-state index in [0.29, 0.717) is 6.04 Å². The Balaban J connectivity index is 2.31. The van der Waals surface area contributed by atoms with Gasteiger partial charge in [0.05, 0.1) is 6.61 Å². The fraction of sp³-hybridized carbons (Fsp3) is 1.00. The van der Waals surface area contributed by atoms with E-state index in [2.05, 4.69) is 31.1 Å². The summed E-state index contributed by atoms with van der Waals surface area (Å²) in [6.45, 7) is 5.45. The maximum absolute atomic E-state index is 9.33. The number of nitrogens with zero attached hydrogens (tertiary/aromatic N) is 1. The predicted octanol–water partition coefficient (Wildman–Crippen LogP) is 1.61. The molecule has 1 atom stereocenters. The molecule has 1 unspecified atom stereocenters. The van der Waals surface area contributed by atoms with Crippen LogP contribution in [0.4, 0.5) is 0 Å². The van der Waals surface area contributed by atoms with E-state index >= 15 is 0 Å². The van der Waals surface area contributed by atoms with Crippen LogP contribution < -0.4 is 5.32 Å². The molecule has 1 aliphatic carbocycles. The van der Waals surface area contributed by atoms with E-state index in [1.165, 1.54) is 32.1 Å². The van der Waals surface area contributed by atoms with Gasteiger partial charge in [0.2, 0.25) is 0 Å². The van der Waals surface area contributed by atoms with E-state index in [0.717, 1.165) is 12.6 Å². The lowest BCUT2D eigenvalue weighted by atomic mass is 9.94. The molecule has 16 heavy (non-hydrogen) atoms. The van der Waals surface area contributed by atoms with Gasteiger partial charge in [0.1, 0.15) is 0 Å². The topological polar surface area (TPSA) is 35.5 Å². The minimum atomic E-state index is 0.215. The van der Waals surface area contributed by atoms with Crippen LogP contribution in [0.3, 0.4) is 0 Å². The number of hydrogen-bond acceptors (Lipinski definition) is 3. The molecule has 3 nitrogen and oxygen atoms in total. The van der Waals surface area contributed by atoms with Gasteiger partial charge in [0, 0.05) is 24.7 Å². The molecule has 0 amide bonds.